The largest absolute Gasteiger partial charge is 0.480 e. The lowest BCUT2D eigenvalue weighted by molar-refractivity contribution is -0.784. The van der Waals surface area contributed by atoms with Crippen LogP contribution in [-0.2, 0) is 25.1 Å². The summed E-state index contributed by atoms with van der Waals surface area (Å²) in [5.41, 5.74) is -3.49. The van der Waals surface area contributed by atoms with Gasteiger partial charge < -0.3 is 29.9 Å². The van der Waals surface area contributed by atoms with Crippen LogP contribution in [0.25, 0.3) is 6.08 Å². The van der Waals surface area contributed by atoms with E-state index in [1.165, 1.54) is 5.59 Å². The number of carbonyl (C=O) groups excluding carboxylic acids is 1. The Morgan fingerprint density at radius 3 is 2.21 bits per heavy atom. The van der Waals surface area contributed by atoms with Crippen LogP contribution in [0.15, 0.2) is 22.6 Å². The van der Waals surface area contributed by atoms with E-state index in [9.17, 15) is 62.4 Å². The number of ether oxygens (including phenoxy) is 2. The predicted molar refractivity (Wildman–Crippen MR) is 104 cm³/mol. The molecule has 13 nitrogen and oxygen atoms in total. The number of carboxylic acid groups (broad SMARTS) is 1. The van der Waals surface area contributed by atoms with Gasteiger partial charge in [0.05, 0.1) is 23.1 Å². The van der Waals surface area contributed by atoms with E-state index >= 15 is 0 Å². The van der Waals surface area contributed by atoms with Crippen molar-refractivity contribution in [1.82, 2.24) is 10.6 Å². The standard InChI is InChI=1S/C16H15F8N3O10S/c1-26(5-11(28)29)27(34)25-36-6-35-14(30)9-3-7-2-8(38(20,21,22,23)24)4-10(16(31,32)33)12(7)37-13(9)15(17,18)19/h2-4,13,31-33H,5-6H2,1H3,(H-,25,28,29,34)/p+1. The molecular formula is C16H16F8N3O10S+. The third-order valence-electron chi connectivity index (χ3n) is 4.33. The number of halogens is 8. The molecule has 0 saturated carbocycles. The molecule has 1 unspecified atom stereocenters. The van der Waals surface area contributed by atoms with E-state index in [2.05, 4.69) is 14.3 Å². The first-order valence-electron chi connectivity index (χ1n) is 9.30. The highest BCUT2D eigenvalue weighted by Crippen LogP contribution is 3.02. The molecule has 1 aliphatic heterocycles. The number of esters is 1. The van der Waals surface area contributed by atoms with Crippen LogP contribution in [0, 0.1) is 4.91 Å². The lowest BCUT2D eigenvalue weighted by atomic mass is 9.98. The number of nitroso groups, excluding NO2 is 1. The van der Waals surface area contributed by atoms with Crippen LogP contribution in [0.5, 0.6) is 5.75 Å². The van der Waals surface area contributed by atoms with E-state index in [-0.39, 0.29) is 11.1 Å². The number of hydrogen-bond donors (Lipinski definition) is 5. The second-order valence-electron chi connectivity index (χ2n) is 7.40. The summed E-state index contributed by atoms with van der Waals surface area (Å²) in [5.74, 6) is -9.41. The summed E-state index contributed by atoms with van der Waals surface area (Å²) in [6.45, 7) is -2.21. The van der Waals surface area contributed by atoms with E-state index in [4.69, 9.17) is 5.11 Å². The van der Waals surface area contributed by atoms with Crippen LogP contribution < -0.4 is 10.3 Å². The number of hydrogen-bond acceptors (Lipinski definition) is 9. The zero-order chi connectivity index (χ0) is 29.5. The zero-order valence-corrected chi connectivity index (χ0v) is 19.1. The molecule has 1 heterocycles. The number of carbonyl (C=O) groups is 2. The van der Waals surface area contributed by atoms with Crippen molar-refractivity contribution in [3.8, 4) is 5.75 Å². The Hall–Kier alpha value is -3.47. The van der Waals surface area contributed by atoms with Gasteiger partial charge in [0.2, 0.25) is 12.9 Å². The molecule has 5 N–H and O–H groups in total. The summed E-state index contributed by atoms with van der Waals surface area (Å²) in [6.07, 6.45) is -8.98. The molecule has 1 aromatic rings. The number of carboxylic acids is 1. The fourth-order valence-electron chi connectivity index (χ4n) is 2.75. The summed E-state index contributed by atoms with van der Waals surface area (Å²) in [5, 5.41) is 36.9. The third-order valence-corrected chi connectivity index (χ3v) is 5.45. The summed E-state index contributed by atoms with van der Waals surface area (Å²) in [6, 6.07) is -1.20. The van der Waals surface area contributed by atoms with Crippen molar-refractivity contribution >= 4 is 28.2 Å². The van der Waals surface area contributed by atoms with Crippen LogP contribution in [-0.4, -0.2) is 75.0 Å². The third kappa shape index (κ3) is 7.53. The molecule has 1 aliphatic rings. The molecule has 0 spiro atoms. The van der Waals surface area contributed by atoms with Crippen molar-refractivity contribution in [2.75, 3.05) is 20.4 Å². The monoisotopic (exact) mass is 594 g/mol. The Labute approximate surface area is 204 Å². The first kappa shape index (κ1) is 30.8. The van der Waals surface area contributed by atoms with Crippen molar-refractivity contribution < 1.29 is 81.9 Å². The highest BCUT2D eigenvalue weighted by Gasteiger charge is 2.66. The van der Waals surface area contributed by atoms with Crippen molar-refractivity contribution in [1.29, 1.82) is 0 Å². The lowest BCUT2D eigenvalue weighted by Crippen LogP contribution is -2.43. The van der Waals surface area contributed by atoms with E-state index in [0.29, 0.717) is 5.01 Å². The number of aliphatic hydroxyl groups is 3. The molecule has 0 aromatic heterocycles. The van der Waals surface area contributed by atoms with Gasteiger partial charge in [-0.25, -0.2) is 4.79 Å². The highest BCUT2D eigenvalue weighted by atomic mass is 32.5. The minimum absolute atomic E-state index is 0.0461. The molecule has 2 rings (SSSR count). The van der Waals surface area contributed by atoms with Gasteiger partial charge in [-0.1, -0.05) is 19.4 Å². The number of nitrogens with one attached hydrogen (secondary N) is 1. The maximum absolute atomic E-state index is 13.6. The van der Waals surface area contributed by atoms with Gasteiger partial charge in [0.25, 0.3) is 4.98 Å². The van der Waals surface area contributed by atoms with Gasteiger partial charge in [-0.15, -0.1) is 5.01 Å². The molecule has 0 radical (unpaired) electrons. The summed E-state index contributed by atoms with van der Waals surface area (Å²) >= 11 is 0. The Morgan fingerprint density at radius 2 is 1.74 bits per heavy atom. The summed E-state index contributed by atoms with van der Waals surface area (Å²) < 4.78 is 116. The fourth-order valence-corrected chi connectivity index (χ4v) is 3.44. The molecule has 216 valence electrons. The molecule has 0 aliphatic carbocycles. The average molecular weight is 594 g/mol. The van der Waals surface area contributed by atoms with Gasteiger partial charge in [-0.3, -0.25) is 4.79 Å². The SMILES string of the molecule is CN(CC(=O)O)[N+](=O)NOCOC(=O)C1=Cc2cc(S(F)(F)(F)(F)F)cc(C(O)(O)O)c2OC1C(F)(F)F. The number of aliphatic carboxylic acids is 1. The molecule has 0 saturated heterocycles. The molecule has 22 heteroatoms. The van der Waals surface area contributed by atoms with Crippen LogP contribution in [0.1, 0.15) is 11.1 Å². The number of alkyl halides is 3. The minimum Gasteiger partial charge on any atom is -0.480 e. The Morgan fingerprint density at radius 1 is 1.16 bits per heavy atom. The van der Waals surface area contributed by atoms with E-state index in [1.807, 2.05) is 0 Å². The predicted octanol–water partition coefficient (Wildman–Crippen LogP) is 1.79. The molecule has 1 aromatic carbocycles. The van der Waals surface area contributed by atoms with Crippen LogP contribution in [0.2, 0.25) is 0 Å². The minimum atomic E-state index is -10.6. The highest BCUT2D eigenvalue weighted by molar-refractivity contribution is 8.45. The number of benzene rings is 1. The lowest BCUT2D eigenvalue weighted by Gasteiger charge is -2.41. The van der Waals surface area contributed by atoms with Gasteiger partial charge in [-0.2, -0.15) is 18.0 Å². The van der Waals surface area contributed by atoms with Gasteiger partial charge >= 0.3 is 34.3 Å². The quantitative estimate of drug-likeness (QED) is 0.0664. The Balaban J connectivity index is 2.44. The van der Waals surface area contributed by atoms with Crippen LogP contribution in [0.4, 0.5) is 32.6 Å². The number of rotatable bonds is 10. The molecule has 0 fully saturated rings. The van der Waals surface area contributed by atoms with Crippen LogP contribution >= 0.6 is 10.2 Å². The maximum Gasteiger partial charge on any atom is 0.430 e. The molecular weight excluding hydrogens is 578 g/mol. The molecule has 0 bridgehead atoms. The number of nitrogens with zero attached hydrogens (tertiary/aromatic N) is 2. The van der Waals surface area contributed by atoms with Crippen molar-refractivity contribution in [3.63, 3.8) is 0 Å². The number of fused-ring (bicyclic) bond motifs is 1. The van der Waals surface area contributed by atoms with Gasteiger partial charge in [0.15, 0.2) is 6.54 Å². The topological polar surface area (TPSA) is 178 Å². The zero-order valence-electron chi connectivity index (χ0n) is 18.3. The second kappa shape index (κ2) is 9.07. The molecule has 38 heavy (non-hydrogen) atoms. The molecule has 0 amide bonds. The normalized spacial score (nSPS) is 17.7. The Bertz CT molecular complexity index is 1180. The van der Waals surface area contributed by atoms with E-state index in [1.54, 1.807) is 0 Å². The maximum atomic E-state index is 13.6. The summed E-state index contributed by atoms with van der Waals surface area (Å²) in [4.78, 5) is 35.2. The smallest absolute Gasteiger partial charge is 0.430 e. The van der Waals surface area contributed by atoms with Crippen molar-refractivity contribution in [2.24, 2.45) is 0 Å². The molecule has 1 atom stereocenters. The first-order chi connectivity index (χ1) is 16.8. The Kier molecular flexibility index (Phi) is 7.34. The van der Waals surface area contributed by atoms with Crippen molar-refractivity contribution in [2.45, 2.75) is 23.1 Å². The fraction of sp³-hybridized carbons (Fsp3) is 0.375. The average Bonchev–Trinajstić information content (AvgIpc) is 2.71. The van der Waals surface area contributed by atoms with E-state index < -0.39 is 93.2 Å². The van der Waals surface area contributed by atoms with Crippen molar-refractivity contribution in [3.05, 3.63) is 33.7 Å². The second-order valence-corrected chi connectivity index (χ2v) is 9.81. The summed E-state index contributed by atoms with van der Waals surface area (Å²) in [7, 11) is -9.70. The number of likely N-dealkylation sites (N-methyl/N-ethyl adjacent to an activating group) is 1. The van der Waals surface area contributed by atoms with Gasteiger partial charge in [0, 0.05) is 11.2 Å². The first-order valence-corrected chi connectivity index (χ1v) is 11.3. The van der Waals surface area contributed by atoms with E-state index in [0.717, 1.165) is 7.05 Å². The van der Waals surface area contributed by atoms with Crippen LogP contribution in [0.3, 0.4) is 0 Å². The van der Waals surface area contributed by atoms with Gasteiger partial charge in [-0.05, 0) is 18.2 Å². The number of hydrazine groups is 2. The van der Waals surface area contributed by atoms with Gasteiger partial charge in [0.1, 0.15) is 10.6 Å².